The number of hydrogen-bond donors (Lipinski definition) is 1. The van der Waals surface area contributed by atoms with E-state index in [1.807, 2.05) is 35.2 Å². The predicted octanol–water partition coefficient (Wildman–Crippen LogP) is 3.86. The van der Waals surface area contributed by atoms with Crippen LogP contribution in [0.2, 0.25) is 0 Å². The molecule has 1 saturated heterocycles. The third kappa shape index (κ3) is 3.88. The Labute approximate surface area is 216 Å². The maximum atomic E-state index is 15.2. The monoisotopic (exact) mass is 511 g/mol. The molecule has 38 heavy (non-hydrogen) atoms. The Balaban J connectivity index is 1.62. The van der Waals surface area contributed by atoms with E-state index < -0.39 is 17.2 Å². The van der Waals surface area contributed by atoms with Crippen molar-refractivity contribution in [2.45, 2.75) is 25.4 Å². The van der Waals surface area contributed by atoms with Gasteiger partial charge in [-0.05, 0) is 36.4 Å². The van der Waals surface area contributed by atoms with Gasteiger partial charge in [-0.2, -0.15) is 5.26 Å². The van der Waals surface area contributed by atoms with Gasteiger partial charge in [0.1, 0.15) is 40.1 Å². The molecule has 0 amide bonds. The number of hydrogen-bond acceptors (Lipinski definition) is 6. The molecule has 0 saturated carbocycles. The van der Waals surface area contributed by atoms with E-state index in [9.17, 15) is 14.4 Å². The van der Waals surface area contributed by atoms with Crippen LogP contribution in [0.5, 0.6) is 0 Å². The number of fused-ring (bicyclic) bond motifs is 2. The molecular weight excluding hydrogens is 488 g/mol. The van der Waals surface area contributed by atoms with Crippen molar-refractivity contribution in [3.63, 3.8) is 0 Å². The SMILES string of the molecule is N#Cc1c(N2CCC[C@H](N)C2)n(-c2ccc(F)cc2F)c2c(=O)n(Cc3nccc4ccccc34)cnc12. The molecule has 1 fully saturated rings. The van der Waals surface area contributed by atoms with Crippen molar-refractivity contribution in [2.24, 2.45) is 5.73 Å². The van der Waals surface area contributed by atoms with Crippen molar-refractivity contribution < 1.29 is 8.78 Å². The topological polar surface area (TPSA) is 106 Å². The third-order valence-electron chi connectivity index (χ3n) is 7.01. The van der Waals surface area contributed by atoms with E-state index in [-0.39, 0.29) is 34.9 Å². The molecule has 10 heteroatoms. The van der Waals surface area contributed by atoms with Crippen molar-refractivity contribution in [1.82, 2.24) is 19.1 Å². The van der Waals surface area contributed by atoms with Crippen LogP contribution in [-0.4, -0.2) is 38.2 Å². The molecule has 6 rings (SSSR count). The van der Waals surface area contributed by atoms with Crippen LogP contribution in [0.15, 0.2) is 65.8 Å². The number of nitrogens with zero attached hydrogens (tertiary/aromatic N) is 6. The number of pyridine rings is 1. The molecule has 1 aliphatic rings. The number of benzene rings is 2. The maximum absolute atomic E-state index is 15.2. The Morgan fingerprint density at radius 3 is 2.76 bits per heavy atom. The fourth-order valence-corrected chi connectivity index (χ4v) is 5.27. The van der Waals surface area contributed by atoms with Crippen molar-refractivity contribution in [2.75, 3.05) is 18.0 Å². The standard InChI is InChI=1S/C28H23F2N7O/c29-18-7-8-24(22(30)12-18)37-26-25(21(13-31)27(37)35-11-3-5-19(32)14-35)34-16-36(28(26)38)15-23-20-6-2-1-4-17(20)9-10-33-23/h1-2,4,6-10,12,16,19H,3,5,11,14-15,32H2/t19-/m0/s1. The minimum absolute atomic E-state index is 0.0314. The number of nitriles is 1. The first kappa shape index (κ1) is 23.8. The largest absolute Gasteiger partial charge is 0.355 e. The van der Waals surface area contributed by atoms with Crippen LogP contribution in [0, 0.1) is 23.0 Å². The van der Waals surface area contributed by atoms with E-state index in [0.717, 1.165) is 35.7 Å². The molecule has 0 radical (unpaired) electrons. The van der Waals surface area contributed by atoms with Gasteiger partial charge in [0.05, 0.1) is 24.3 Å². The fraction of sp³-hybridized carbons (Fsp3) is 0.214. The number of aromatic nitrogens is 4. The van der Waals surface area contributed by atoms with Gasteiger partial charge in [-0.3, -0.25) is 18.9 Å². The van der Waals surface area contributed by atoms with E-state index in [0.29, 0.717) is 24.6 Å². The summed E-state index contributed by atoms with van der Waals surface area (Å²) in [5, 5.41) is 12.0. The summed E-state index contributed by atoms with van der Waals surface area (Å²) in [6, 6.07) is 14.8. The average Bonchev–Trinajstić information content (AvgIpc) is 3.25. The van der Waals surface area contributed by atoms with Crippen LogP contribution in [0.25, 0.3) is 27.5 Å². The molecule has 1 atom stereocenters. The molecule has 2 N–H and O–H groups in total. The minimum Gasteiger partial charge on any atom is -0.355 e. The highest BCUT2D eigenvalue weighted by molar-refractivity contribution is 5.91. The van der Waals surface area contributed by atoms with Gasteiger partial charge in [0.15, 0.2) is 0 Å². The fourth-order valence-electron chi connectivity index (χ4n) is 5.27. The lowest BCUT2D eigenvalue weighted by Crippen LogP contribution is -2.44. The van der Waals surface area contributed by atoms with Crippen LogP contribution >= 0.6 is 0 Å². The first-order valence-electron chi connectivity index (χ1n) is 12.3. The van der Waals surface area contributed by atoms with Crippen molar-refractivity contribution in [3.05, 3.63) is 94.3 Å². The summed E-state index contributed by atoms with van der Waals surface area (Å²) < 4.78 is 31.9. The molecule has 8 nitrogen and oxygen atoms in total. The summed E-state index contributed by atoms with van der Waals surface area (Å²) in [5.74, 6) is -1.28. The number of anilines is 1. The molecule has 0 unspecified atom stereocenters. The summed E-state index contributed by atoms with van der Waals surface area (Å²) in [6.07, 6.45) is 4.64. The summed E-state index contributed by atoms with van der Waals surface area (Å²) in [6.45, 7) is 1.10. The zero-order chi connectivity index (χ0) is 26.4. The molecule has 0 aliphatic carbocycles. The smallest absolute Gasteiger partial charge is 0.278 e. The van der Waals surface area contributed by atoms with Gasteiger partial charge in [0.2, 0.25) is 0 Å². The van der Waals surface area contributed by atoms with Gasteiger partial charge in [0, 0.05) is 36.8 Å². The van der Waals surface area contributed by atoms with Crippen LogP contribution in [0.1, 0.15) is 24.1 Å². The highest BCUT2D eigenvalue weighted by Crippen LogP contribution is 2.35. The normalized spacial score (nSPS) is 15.7. The first-order chi connectivity index (χ1) is 18.5. The van der Waals surface area contributed by atoms with Gasteiger partial charge < -0.3 is 10.6 Å². The van der Waals surface area contributed by atoms with Gasteiger partial charge in [-0.25, -0.2) is 13.8 Å². The van der Waals surface area contributed by atoms with Gasteiger partial charge in [-0.1, -0.05) is 24.3 Å². The molecule has 0 spiro atoms. The Kier molecular flexibility index (Phi) is 5.85. The molecule has 5 aromatic rings. The maximum Gasteiger partial charge on any atom is 0.278 e. The number of halogens is 2. The molecular formula is C28H23F2N7O. The van der Waals surface area contributed by atoms with Gasteiger partial charge >= 0.3 is 0 Å². The second-order valence-corrected chi connectivity index (χ2v) is 9.44. The molecule has 0 bridgehead atoms. The van der Waals surface area contributed by atoms with Crippen molar-refractivity contribution in [3.8, 4) is 11.8 Å². The number of nitrogens with two attached hydrogens (primary N) is 1. The Hall–Kier alpha value is -4.62. The highest BCUT2D eigenvalue weighted by Gasteiger charge is 2.30. The summed E-state index contributed by atoms with van der Waals surface area (Å²) >= 11 is 0. The number of rotatable bonds is 4. The predicted molar refractivity (Wildman–Crippen MR) is 140 cm³/mol. The Morgan fingerprint density at radius 1 is 1.13 bits per heavy atom. The number of piperidine rings is 1. The Morgan fingerprint density at radius 2 is 1.97 bits per heavy atom. The summed E-state index contributed by atoms with van der Waals surface area (Å²) in [7, 11) is 0. The van der Waals surface area contributed by atoms with Crippen LogP contribution in [-0.2, 0) is 6.54 Å². The molecule has 1 aliphatic heterocycles. The summed E-state index contributed by atoms with van der Waals surface area (Å²) in [5.41, 5.74) is 6.70. The van der Waals surface area contributed by atoms with Gasteiger partial charge in [-0.15, -0.1) is 0 Å². The van der Waals surface area contributed by atoms with Crippen LogP contribution in [0.4, 0.5) is 14.6 Å². The molecule has 3 aromatic heterocycles. The van der Waals surface area contributed by atoms with E-state index in [2.05, 4.69) is 16.0 Å². The average molecular weight is 512 g/mol. The van der Waals surface area contributed by atoms with Crippen molar-refractivity contribution in [1.29, 1.82) is 5.26 Å². The third-order valence-corrected chi connectivity index (χ3v) is 7.01. The van der Waals surface area contributed by atoms with Crippen LogP contribution < -0.4 is 16.2 Å². The van der Waals surface area contributed by atoms with Gasteiger partial charge in [0.25, 0.3) is 5.56 Å². The molecule has 190 valence electrons. The first-order valence-corrected chi connectivity index (χ1v) is 12.3. The quantitative estimate of drug-likeness (QED) is 0.393. The van der Waals surface area contributed by atoms with E-state index in [1.165, 1.54) is 21.5 Å². The zero-order valence-corrected chi connectivity index (χ0v) is 20.3. The minimum atomic E-state index is -0.862. The highest BCUT2D eigenvalue weighted by atomic mass is 19.1. The lowest BCUT2D eigenvalue weighted by atomic mass is 10.1. The molecule has 2 aromatic carbocycles. The second kappa shape index (κ2) is 9.36. The lowest BCUT2D eigenvalue weighted by Gasteiger charge is -2.33. The lowest BCUT2D eigenvalue weighted by molar-refractivity contribution is 0.501. The van der Waals surface area contributed by atoms with E-state index >= 15 is 4.39 Å². The van der Waals surface area contributed by atoms with Crippen LogP contribution in [0.3, 0.4) is 0 Å². The van der Waals surface area contributed by atoms with E-state index in [1.54, 1.807) is 6.20 Å². The van der Waals surface area contributed by atoms with E-state index in [4.69, 9.17) is 5.73 Å². The summed E-state index contributed by atoms with van der Waals surface area (Å²) in [4.78, 5) is 24.8. The Bertz CT molecular complexity index is 1800. The van der Waals surface area contributed by atoms with Crippen molar-refractivity contribution >= 4 is 27.6 Å². The molecule has 4 heterocycles. The zero-order valence-electron chi connectivity index (χ0n) is 20.3. The second-order valence-electron chi connectivity index (χ2n) is 9.44.